The molecule has 0 aliphatic rings. The second-order valence-corrected chi connectivity index (χ2v) is 5.23. The quantitative estimate of drug-likeness (QED) is 0.621. The number of benzene rings is 2. The number of halogens is 2. The Hall–Kier alpha value is -1.95. The molecule has 0 fully saturated rings. The van der Waals surface area contributed by atoms with Crippen molar-refractivity contribution in [2.24, 2.45) is 0 Å². The van der Waals surface area contributed by atoms with Crippen LogP contribution in [-0.4, -0.2) is 12.0 Å². The molecule has 0 amide bonds. The minimum atomic E-state index is -0.425. The first kappa shape index (κ1) is 14.5. The van der Waals surface area contributed by atoms with Gasteiger partial charge in [0.2, 0.25) is 0 Å². The van der Waals surface area contributed by atoms with Gasteiger partial charge in [-0.2, -0.15) is 0 Å². The van der Waals surface area contributed by atoms with Gasteiger partial charge in [-0.1, -0.05) is 6.07 Å². The summed E-state index contributed by atoms with van der Waals surface area (Å²) >= 11 is 3.15. The van der Waals surface area contributed by atoms with Gasteiger partial charge in [0, 0.05) is 25.3 Å². The molecule has 0 aliphatic carbocycles. The van der Waals surface area contributed by atoms with E-state index in [1.807, 2.05) is 18.0 Å². The van der Waals surface area contributed by atoms with E-state index in [2.05, 4.69) is 15.9 Å². The van der Waals surface area contributed by atoms with Crippen molar-refractivity contribution in [3.8, 4) is 0 Å². The van der Waals surface area contributed by atoms with Gasteiger partial charge in [-0.05, 0) is 51.8 Å². The lowest BCUT2D eigenvalue weighted by molar-refractivity contribution is -0.385. The highest BCUT2D eigenvalue weighted by Gasteiger charge is 2.13. The van der Waals surface area contributed by atoms with Crippen molar-refractivity contribution in [3.63, 3.8) is 0 Å². The molecule has 0 N–H and O–H groups in total. The first-order valence-electron chi connectivity index (χ1n) is 5.87. The van der Waals surface area contributed by atoms with E-state index in [0.29, 0.717) is 11.0 Å². The van der Waals surface area contributed by atoms with E-state index in [1.54, 1.807) is 18.2 Å². The summed E-state index contributed by atoms with van der Waals surface area (Å²) < 4.78 is 13.3. The van der Waals surface area contributed by atoms with E-state index in [0.717, 1.165) is 11.3 Å². The van der Waals surface area contributed by atoms with Crippen molar-refractivity contribution < 1.29 is 9.31 Å². The van der Waals surface area contributed by atoms with Crippen LogP contribution in [-0.2, 0) is 6.54 Å². The molecule has 6 heteroatoms. The van der Waals surface area contributed by atoms with Gasteiger partial charge in [0.05, 0.1) is 9.40 Å². The van der Waals surface area contributed by atoms with Gasteiger partial charge in [0.25, 0.3) is 5.69 Å². The monoisotopic (exact) mass is 338 g/mol. The van der Waals surface area contributed by atoms with Crippen LogP contribution in [0.15, 0.2) is 46.9 Å². The van der Waals surface area contributed by atoms with Gasteiger partial charge in [-0.15, -0.1) is 0 Å². The molecule has 0 spiro atoms. The molecule has 20 heavy (non-hydrogen) atoms. The third-order valence-corrected chi connectivity index (χ3v) is 3.56. The molecule has 0 aromatic heterocycles. The highest BCUT2D eigenvalue weighted by Crippen LogP contribution is 2.26. The molecule has 0 heterocycles. The third-order valence-electron chi connectivity index (χ3n) is 2.89. The second kappa shape index (κ2) is 6.00. The summed E-state index contributed by atoms with van der Waals surface area (Å²) in [6.07, 6.45) is 0. The van der Waals surface area contributed by atoms with Gasteiger partial charge < -0.3 is 4.90 Å². The Kier molecular flexibility index (Phi) is 4.34. The SMILES string of the molecule is CN(Cc1ccc(Br)c([N+](=O)[O-])c1)c1ccc(F)cc1. The molecule has 4 nitrogen and oxygen atoms in total. The molecule has 0 radical (unpaired) electrons. The predicted octanol–water partition coefficient (Wildman–Crippen LogP) is 4.13. The molecule has 104 valence electrons. The topological polar surface area (TPSA) is 46.4 Å². The first-order valence-corrected chi connectivity index (χ1v) is 6.66. The summed E-state index contributed by atoms with van der Waals surface area (Å²) in [5.74, 6) is -0.290. The molecule has 0 bridgehead atoms. The van der Waals surface area contributed by atoms with Gasteiger partial charge in [0.1, 0.15) is 5.82 Å². The summed E-state index contributed by atoms with van der Waals surface area (Å²) in [6.45, 7) is 0.500. The molecule has 0 saturated heterocycles. The smallest absolute Gasteiger partial charge is 0.283 e. The summed E-state index contributed by atoms with van der Waals surface area (Å²) in [5, 5.41) is 10.9. The molecule has 2 aromatic rings. The Bertz CT molecular complexity index is 632. The Labute approximate surface area is 124 Å². The Balaban J connectivity index is 2.19. The maximum Gasteiger partial charge on any atom is 0.283 e. The highest BCUT2D eigenvalue weighted by atomic mass is 79.9. The fourth-order valence-corrected chi connectivity index (χ4v) is 2.25. The largest absolute Gasteiger partial charge is 0.370 e. The average Bonchev–Trinajstić information content (AvgIpc) is 2.41. The van der Waals surface area contributed by atoms with Crippen LogP contribution in [0, 0.1) is 15.9 Å². The van der Waals surface area contributed by atoms with E-state index >= 15 is 0 Å². The fourth-order valence-electron chi connectivity index (χ4n) is 1.86. The maximum absolute atomic E-state index is 12.9. The van der Waals surface area contributed by atoms with Gasteiger partial charge in [-0.3, -0.25) is 10.1 Å². The number of anilines is 1. The van der Waals surface area contributed by atoms with Crippen molar-refractivity contribution >= 4 is 27.3 Å². The van der Waals surface area contributed by atoms with Crippen molar-refractivity contribution in [3.05, 3.63) is 68.4 Å². The average molecular weight is 339 g/mol. The van der Waals surface area contributed by atoms with Crippen LogP contribution in [0.3, 0.4) is 0 Å². The van der Waals surface area contributed by atoms with E-state index < -0.39 is 4.92 Å². The third kappa shape index (κ3) is 3.33. The van der Waals surface area contributed by atoms with Crippen LogP contribution in [0.5, 0.6) is 0 Å². The number of nitro groups is 1. The Morgan fingerprint density at radius 3 is 2.50 bits per heavy atom. The van der Waals surface area contributed by atoms with Crippen LogP contribution in [0.2, 0.25) is 0 Å². The van der Waals surface area contributed by atoms with Crippen molar-refractivity contribution in [2.45, 2.75) is 6.54 Å². The van der Waals surface area contributed by atoms with Gasteiger partial charge >= 0.3 is 0 Å². The minimum Gasteiger partial charge on any atom is -0.370 e. The molecule has 2 aromatic carbocycles. The standard InChI is InChI=1S/C14H12BrFN2O2/c1-17(12-5-3-11(16)4-6-12)9-10-2-7-13(15)14(8-10)18(19)20/h2-8H,9H2,1H3. The highest BCUT2D eigenvalue weighted by molar-refractivity contribution is 9.10. The van der Waals surface area contributed by atoms with Gasteiger partial charge in [0.15, 0.2) is 0 Å². The van der Waals surface area contributed by atoms with Crippen molar-refractivity contribution in [1.29, 1.82) is 0 Å². The number of hydrogen-bond donors (Lipinski definition) is 0. The van der Waals surface area contributed by atoms with E-state index in [1.165, 1.54) is 18.2 Å². The lowest BCUT2D eigenvalue weighted by Gasteiger charge is -2.19. The Morgan fingerprint density at radius 1 is 1.25 bits per heavy atom. The lowest BCUT2D eigenvalue weighted by atomic mass is 10.2. The maximum atomic E-state index is 12.9. The molecular weight excluding hydrogens is 327 g/mol. The van der Waals surface area contributed by atoms with E-state index in [9.17, 15) is 14.5 Å². The molecule has 0 unspecified atom stereocenters. The van der Waals surface area contributed by atoms with Crippen molar-refractivity contribution in [2.75, 3.05) is 11.9 Å². The lowest BCUT2D eigenvalue weighted by Crippen LogP contribution is -2.16. The molecule has 0 atom stereocenters. The van der Waals surface area contributed by atoms with Crippen LogP contribution in [0.4, 0.5) is 15.8 Å². The molecular formula is C14H12BrFN2O2. The van der Waals surface area contributed by atoms with E-state index in [4.69, 9.17) is 0 Å². The molecule has 2 rings (SSSR count). The normalized spacial score (nSPS) is 10.3. The summed E-state index contributed by atoms with van der Waals surface area (Å²) in [6, 6.07) is 11.1. The number of nitrogens with zero attached hydrogens (tertiary/aromatic N) is 2. The zero-order valence-electron chi connectivity index (χ0n) is 10.7. The first-order chi connectivity index (χ1) is 9.47. The Morgan fingerprint density at radius 2 is 1.90 bits per heavy atom. The number of nitro benzene ring substituents is 1. The van der Waals surface area contributed by atoms with Crippen molar-refractivity contribution in [1.82, 2.24) is 0 Å². The second-order valence-electron chi connectivity index (χ2n) is 4.38. The summed E-state index contributed by atoms with van der Waals surface area (Å²) in [7, 11) is 1.85. The number of rotatable bonds is 4. The molecule has 0 aliphatic heterocycles. The number of hydrogen-bond acceptors (Lipinski definition) is 3. The van der Waals surface area contributed by atoms with Gasteiger partial charge in [-0.25, -0.2) is 4.39 Å². The summed E-state index contributed by atoms with van der Waals surface area (Å²) in [4.78, 5) is 12.4. The predicted molar refractivity (Wildman–Crippen MR) is 79.3 cm³/mol. The molecule has 0 saturated carbocycles. The van der Waals surface area contributed by atoms with Crippen LogP contribution >= 0.6 is 15.9 Å². The van der Waals surface area contributed by atoms with Crippen LogP contribution in [0.1, 0.15) is 5.56 Å². The fraction of sp³-hybridized carbons (Fsp3) is 0.143. The van der Waals surface area contributed by atoms with Crippen LogP contribution in [0.25, 0.3) is 0 Å². The van der Waals surface area contributed by atoms with E-state index in [-0.39, 0.29) is 11.5 Å². The zero-order valence-corrected chi connectivity index (χ0v) is 12.3. The zero-order chi connectivity index (χ0) is 14.7. The summed E-state index contributed by atoms with van der Waals surface area (Å²) in [5.41, 5.74) is 1.69. The minimum absolute atomic E-state index is 0.0370. The van der Waals surface area contributed by atoms with Crippen LogP contribution < -0.4 is 4.90 Å².